The first-order valence-electron chi connectivity index (χ1n) is 6.11. The van der Waals surface area contributed by atoms with Crippen molar-refractivity contribution in [2.45, 2.75) is 13.8 Å². The summed E-state index contributed by atoms with van der Waals surface area (Å²) in [5.74, 6) is 0.837. The molecule has 0 aliphatic rings. The average molecular weight is 233 g/mol. The molecule has 0 saturated heterocycles. The first-order chi connectivity index (χ1) is 8.33. The Morgan fingerprint density at radius 3 is 2.94 bits per heavy atom. The predicted molar refractivity (Wildman–Crippen MR) is 69.4 cm³/mol. The fourth-order valence-electron chi connectivity index (χ4n) is 1.83. The molecule has 0 amide bonds. The maximum Gasteiger partial charge on any atom is 0.138 e. The first kappa shape index (κ1) is 11.9. The van der Waals surface area contributed by atoms with Gasteiger partial charge in [0, 0.05) is 18.1 Å². The number of hydrogen-bond acceptors (Lipinski definition) is 3. The summed E-state index contributed by atoms with van der Waals surface area (Å²) >= 11 is 0. The number of rotatable bonds is 6. The van der Waals surface area contributed by atoms with Gasteiger partial charge in [-0.25, -0.2) is 4.98 Å². The second kappa shape index (κ2) is 5.68. The third kappa shape index (κ3) is 2.97. The van der Waals surface area contributed by atoms with Crippen LogP contribution in [0.1, 0.15) is 13.8 Å². The maximum atomic E-state index is 5.70. The highest BCUT2D eigenvalue weighted by Crippen LogP contribution is 2.16. The van der Waals surface area contributed by atoms with E-state index in [1.54, 1.807) is 6.20 Å². The molecule has 2 heterocycles. The van der Waals surface area contributed by atoms with Crippen LogP contribution in [0.2, 0.25) is 0 Å². The summed E-state index contributed by atoms with van der Waals surface area (Å²) in [5, 5.41) is 1.09. The SMILES string of the molecule is CCN(CC)CCOc1cnc2[nH]ccc2c1. The van der Waals surface area contributed by atoms with Gasteiger partial charge < -0.3 is 14.6 Å². The van der Waals surface area contributed by atoms with Crippen LogP contribution in [0.15, 0.2) is 24.5 Å². The number of likely N-dealkylation sites (N-methyl/N-ethyl adjacent to an activating group) is 1. The van der Waals surface area contributed by atoms with E-state index in [-0.39, 0.29) is 0 Å². The van der Waals surface area contributed by atoms with E-state index in [9.17, 15) is 0 Å². The summed E-state index contributed by atoms with van der Waals surface area (Å²) in [7, 11) is 0. The molecule has 0 unspecified atom stereocenters. The van der Waals surface area contributed by atoms with Gasteiger partial charge in [-0.1, -0.05) is 13.8 Å². The number of H-pyrrole nitrogens is 1. The largest absolute Gasteiger partial charge is 0.491 e. The van der Waals surface area contributed by atoms with Crippen LogP contribution in [0, 0.1) is 0 Å². The Hall–Kier alpha value is -1.55. The fraction of sp³-hybridized carbons (Fsp3) is 0.462. The highest BCUT2D eigenvalue weighted by Gasteiger charge is 2.01. The summed E-state index contributed by atoms with van der Waals surface area (Å²) in [6.07, 6.45) is 3.65. The van der Waals surface area contributed by atoms with Crippen molar-refractivity contribution in [2.75, 3.05) is 26.2 Å². The predicted octanol–water partition coefficient (Wildman–Crippen LogP) is 2.28. The van der Waals surface area contributed by atoms with E-state index in [2.05, 4.69) is 28.7 Å². The summed E-state index contributed by atoms with van der Waals surface area (Å²) in [5.41, 5.74) is 0.904. The van der Waals surface area contributed by atoms with Crippen molar-refractivity contribution < 1.29 is 4.74 Å². The molecule has 0 aromatic carbocycles. The molecule has 1 N–H and O–H groups in total. The van der Waals surface area contributed by atoms with Gasteiger partial charge in [-0.15, -0.1) is 0 Å². The first-order valence-corrected chi connectivity index (χ1v) is 6.11. The van der Waals surface area contributed by atoms with E-state index in [1.165, 1.54) is 0 Å². The molecule has 17 heavy (non-hydrogen) atoms. The van der Waals surface area contributed by atoms with Crippen LogP contribution in [0.25, 0.3) is 11.0 Å². The Kier molecular flexibility index (Phi) is 3.98. The summed E-state index contributed by atoms with van der Waals surface area (Å²) in [6.45, 7) is 8.12. The smallest absolute Gasteiger partial charge is 0.138 e. The van der Waals surface area contributed by atoms with Crippen LogP contribution < -0.4 is 4.74 Å². The summed E-state index contributed by atoms with van der Waals surface area (Å²) in [6, 6.07) is 4.01. The van der Waals surface area contributed by atoms with Crippen LogP contribution in [-0.2, 0) is 0 Å². The number of fused-ring (bicyclic) bond motifs is 1. The minimum absolute atomic E-state index is 0.708. The number of aromatic amines is 1. The molecule has 4 nitrogen and oxygen atoms in total. The highest BCUT2D eigenvalue weighted by molar-refractivity contribution is 5.76. The van der Waals surface area contributed by atoms with Crippen molar-refractivity contribution in [3.63, 3.8) is 0 Å². The molecule has 2 rings (SSSR count). The van der Waals surface area contributed by atoms with Crippen LogP contribution in [0.4, 0.5) is 0 Å². The lowest BCUT2D eigenvalue weighted by Gasteiger charge is -2.17. The van der Waals surface area contributed by atoms with Crippen LogP contribution in [0.3, 0.4) is 0 Å². The van der Waals surface area contributed by atoms with Crippen molar-refractivity contribution >= 4 is 11.0 Å². The fourth-order valence-corrected chi connectivity index (χ4v) is 1.83. The van der Waals surface area contributed by atoms with Crippen molar-refractivity contribution in [1.29, 1.82) is 0 Å². The Morgan fingerprint density at radius 1 is 1.35 bits per heavy atom. The molecular weight excluding hydrogens is 214 g/mol. The zero-order valence-electron chi connectivity index (χ0n) is 10.4. The number of ether oxygens (including phenoxy) is 1. The number of nitrogens with zero attached hydrogens (tertiary/aromatic N) is 2. The van der Waals surface area contributed by atoms with E-state index in [0.29, 0.717) is 6.61 Å². The molecule has 2 aromatic rings. The van der Waals surface area contributed by atoms with Crippen LogP contribution >= 0.6 is 0 Å². The minimum atomic E-state index is 0.708. The number of nitrogens with one attached hydrogen (secondary N) is 1. The van der Waals surface area contributed by atoms with E-state index in [1.807, 2.05) is 18.3 Å². The molecule has 0 bridgehead atoms. The van der Waals surface area contributed by atoms with Gasteiger partial charge in [-0.3, -0.25) is 0 Å². The summed E-state index contributed by atoms with van der Waals surface area (Å²) < 4.78 is 5.70. The number of pyridine rings is 1. The molecule has 0 aliphatic heterocycles. The second-order valence-electron chi connectivity index (χ2n) is 3.96. The molecule has 2 aromatic heterocycles. The molecule has 4 heteroatoms. The third-order valence-corrected chi connectivity index (χ3v) is 2.95. The van der Waals surface area contributed by atoms with Crippen molar-refractivity contribution in [2.24, 2.45) is 0 Å². The lowest BCUT2D eigenvalue weighted by Crippen LogP contribution is -2.27. The highest BCUT2D eigenvalue weighted by atomic mass is 16.5. The molecular formula is C13H19N3O. The third-order valence-electron chi connectivity index (χ3n) is 2.95. The van der Waals surface area contributed by atoms with E-state index >= 15 is 0 Å². The molecule has 0 saturated carbocycles. The normalized spacial score (nSPS) is 11.2. The van der Waals surface area contributed by atoms with Crippen molar-refractivity contribution in [3.8, 4) is 5.75 Å². The average Bonchev–Trinajstić information content (AvgIpc) is 2.82. The lowest BCUT2D eigenvalue weighted by atomic mass is 10.3. The molecule has 0 atom stereocenters. The number of aromatic nitrogens is 2. The second-order valence-corrected chi connectivity index (χ2v) is 3.96. The zero-order valence-corrected chi connectivity index (χ0v) is 10.4. The molecule has 0 radical (unpaired) electrons. The van der Waals surface area contributed by atoms with Gasteiger partial charge in [0.25, 0.3) is 0 Å². The van der Waals surface area contributed by atoms with Gasteiger partial charge in [0.05, 0.1) is 6.20 Å². The number of hydrogen-bond donors (Lipinski definition) is 1. The molecule has 0 fully saturated rings. The van der Waals surface area contributed by atoms with E-state index in [0.717, 1.165) is 36.4 Å². The van der Waals surface area contributed by atoms with Crippen molar-refractivity contribution in [3.05, 3.63) is 24.5 Å². The van der Waals surface area contributed by atoms with Gasteiger partial charge >= 0.3 is 0 Å². The Labute approximate surface area is 102 Å². The van der Waals surface area contributed by atoms with Crippen LogP contribution in [-0.4, -0.2) is 41.1 Å². The quantitative estimate of drug-likeness (QED) is 0.832. The molecule has 0 spiro atoms. The summed E-state index contributed by atoms with van der Waals surface area (Å²) in [4.78, 5) is 9.69. The van der Waals surface area contributed by atoms with Gasteiger partial charge in [-0.05, 0) is 25.2 Å². The van der Waals surface area contributed by atoms with Gasteiger partial charge in [0.15, 0.2) is 0 Å². The Morgan fingerprint density at radius 2 is 2.18 bits per heavy atom. The molecule has 0 aliphatic carbocycles. The van der Waals surface area contributed by atoms with E-state index < -0.39 is 0 Å². The topological polar surface area (TPSA) is 41.1 Å². The van der Waals surface area contributed by atoms with Crippen LogP contribution in [0.5, 0.6) is 5.75 Å². The van der Waals surface area contributed by atoms with Gasteiger partial charge in [-0.2, -0.15) is 0 Å². The van der Waals surface area contributed by atoms with Gasteiger partial charge in [0.1, 0.15) is 18.0 Å². The minimum Gasteiger partial charge on any atom is -0.491 e. The standard InChI is InChI=1S/C13H19N3O/c1-3-16(4-2)7-8-17-12-9-11-5-6-14-13(11)15-10-12/h5-6,9-10H,3-4,7-8H2,1-2H3,(H,14,15). The zero-order chi connectivity index (χ0) is 12.1. The lowest BCUT2D eigenvalue weighted by molar-refractivity contribution is 0.222. The van der Waals surface area contributed by atoms with Crippen molar-refractivity contribution in [1.82, 2.24) is 14.9 Å². The Balaban J connectivity index is 1.90. The maximum absolute atomic E-state index is 5.70. The van der Waals surface area contributed by atoms with E-state index in [4.69, 9.17) is 4.74 Å². The van der Waals surface area contributed by atoms with Gasteiger partial charge in [0.2, 0.25) is 0 Å². The molecule has 92 valence electrons. The Bertz CT molecular complexity index is 462. The monoisotopic (exact) mass is 233 g/mol.